The van der Waals surface area contributed by atoms with Gasteiger partial charge in [-0.25, -0.2) is 4.79 Å². The highest BCUT2D eigenvalue weighted by Gasteiger charge is 2.38. The van der Waals surface area contributed by atoms with Gasteiger partial charge in [-0.05, 0) is 48.5 Å². The van der Waals surface area contributed by atoms with Crippen molar-refractivity contribution < 1.29 is 32.7 Å². The Morgan fingerprint density at radius 1 is 0.729 bits per heavy atom. The van der Waals surface area contributed by atoms with Crippen molar-refractivity contribution in [3.05, 3.63) is 66.0 Å². The van der Waals surface area contributed by atoms with Crippen LogP contribution in [0, 0.1) is 10.8 Å². The molecule has 16 nitrogen and oxygen atoms in total. The lowest BCUT2D eigenvalue weighted by molar-refractivity contribution is -0.192. The Morgan fingerprint density at radius 3 is 1.46 bits per heavy atom. The fourth-order valence-electron chi connectivity index (χ4n) is 4.87. The molecule has 0 bridgehead atoms. The average molecular weight is 673 g/mol. The number of hydrogen-bond donors (Lipinski definition) is 8. The van der Waals surface area contributed by atoms with Gasteiger partial charge in [-0.2, -0.15) is 18.3 Å². The first-order valence-corrected chi connectivity index (χ1v) is 14.6. The number of benzene rings is 2. The molecule has 5 rings (SSSR count). The van der Waals surface area contributed by atoms with Crippen molar-refractivity contribution in [2.75, 3.05) is 72.8 Å². The Kier molecular flexibility index (Phi) is 10.9. The molecule has 0 atom stereocenters. The minimum Gasteiger partial charge on any atom is -0.475 e. The standard InChI is InChI=1S/C27H34N12O2.C2HF3O2/c28-26(29)38-13-9-36(10-14-38)20-5-1-18(2-6-20)32-24(40)22-17-23(35-34-22)25(41)33-19-3-7-21(8-4-19)37-11-15-39(16-12-37)27(30)31;3-2(4,5)1(6)7/h1-8,17H,9-16H2,(H3,28,29)(H3,30,31)(H,32,40)(H,33,41)(H,34,35);(H,6,7). The molecule has 0 saturated carbocycles. The summed E-state index contributed by atoms with van der Waals surface area (Å²) in [7, 11) is 0. The highest BCUT2D eigenvalue weighted by Crippen LogP contribution is 2.22. The van der Waals surface area contributed by atoms with E-state index in [9.17, 15) is 22.8 Å². The number of nitrogens with two attached hydrogens (primary N) is 2. The number of guanidine groups is 2. The zero-order valence-electron chi connectivity index (χ0n) is 25.5. The number of halogens is 3. The van der Waals surface area contributed by atoms with Crippen LogP contribution in [-0.2, 0) is 4.79 Å². The Hall–Kier alpha value is -6.01. The van der Waals surface area contributed by atoms with Crippen LogP contribution in [0.2, 0.25) is 0 Å². The van der Waals surface area contributed by atoms with Crippen molar-refractivity contribution in [1.82, 2.24) is 20.0 Å². The maximum Gasteiger partial charge on any atom is 0.490 e. The number of amides is 2. The second-order valence-electron chi connectivity index (χ2n) is 10.7. The van der Waals surface area contributed by atoms with Crippen molar-refractivity contribution in [1.29, 1.82) is 10.8 Å². The third-order valence-electron chi connectivity index (χ3n) is 7.52. The number of aromatic amines is 1. The quantitative estimate of drug-likeness (QED) is 0.138. The number of hydrogen-bond acceptors (Lipinski definition) is 8. The molecule has 2 saturated heterocycles. The normalized spacial score (nSPS) is 14.8. The van der Waals surface area contributed by atoms with Gasteiger partial charge in [0.05, 0.1) is 0 Å². The first-order valence-electron chi connectivity index (χ1n) is 14.6. The number of alkyl halides is 3. The van der Waals surface area contributed by atoms with Crippen molar-refractivity contribution in [2.24, 2.45) is 11.5 Å². The number of aromatic nitrogens is 2. The summed E-state index contributed by atoms with van der Waals surface area (Å²) in [6.45, 7) is 5.79. The summed E-state index contributed by atoms with van der Waals surface area (Å²) in [5, 5.41) is 34.5. The van der Waals surface area contributed by atoms with Crippen LogP contribution in [0.15, 0.2) is 54.6 Å². The summed E-state index contributed by atoms with van der Waals surface area (Å²) in [5.74, 6) is -3.42. The SMILES string of the molecule is N=C(N)N1CCN(c2ccc(NC(=O)c3cc(C(=O)Nc4ccc(N5CCN(C(=N)N)CC5)cc4)[nH]n3)cc2)CC1.O=C(O)C(F)(F)F. The van der Waals surface area contributed by atoms with E-state index in [2.05, 4.69) is 30.6 Å². The second-order valence-corrected chi connectivity index (χ2v) is 10.7. The predicted molar refractivity (Wildman–Crippen MR) is 172 cm³/mol. The molecule has 1 aromatic heterocycles. The number of carbonyl (C=O) groups excluding carboxylic acids is 2. The minimum atomic E-state index is -5.08. The maximum absolute atomic E-state index is 12.8. The molecular weight excluding hydrogens is 637 g/mol. The smallest absolute Gasteiger partial charge is 0.475 e. The number of anilines is 4. The Morgan fingerprint density at radius 2 is 1.10 bits per heavy atom. The molecule has 256 valence electrons. The van der Waals surface area contributed by atoms with E-state index in [1.165, 1.54) is 6.07 Å². The van der Waals surface area contributed by atoms with Crippen molar-refractivity contribution >= 4 is 52.5 Å². The molecule has 10 N–H and O–H groups in total. The predicted octanol–water partition coefficient (Wildman–Crippen LogP) is 1.58. The number of nitrogens with one attached hydrogen (secondary N) is 5. The van der Waals surface area contributed by atoms with Crippen LogP contribution >= 0.6 is 0 Å². The second kappa shape index (κ2) is 15.1. The van der Waals surface area contributed by atoms with E-state index in [4.69, 9.17) is 32.2 Å². The van der Waals surface area contributed by atoms with Crippen LogP contribution in [0.1, 0.15) is 21.0 Å². The number of nitrogens with zero attached hydrogens (tertiary/aromatic N) is 5. The van der Waals surface area contributed by atoms with Gasteiger partial charge in [0.15, 0.2) is 17.6 Å². The van der Waals surface area contributed by atoms with Gasteiger partial charge in [0.1, 0.15) is 5.69 Å². The highest BCUT2D eigenvalue weighted by atomic mass is 19.4. The Bertz CT molecular complexity index is 1510. The first kappa shape index (κ1) is 34.9. The molecule has 2 fully saturated rings. The summed E-state index contributed by atoms with van der Waals surface area (Å²) in [4.78, 5) is 42.5. The van der Waals surface area contributed by atoms with Gasteiger partial charge in [0.25, 0.3) is 11.8 Å². The highest BCUT2D eigenvalue weighted by molar-refractivity contribution is 6.07. The maximum atomic E-state index is 12.8. The molecule has 2 amide bonds. The molecule has 2 aromatic carbocycles. The fraction of sp³-hybridized carbons (Fsp3) is 0.310. The van der Waals surface area contributed by atoms with Gasteiger partial charge >= 0.3 is 12.1 Å². The van der Waals surface area contributed by atoms with Gasteiger partial charge in [-0.3, -0.25) is 25.5 Å². The van der Waals surface area contributed by atoms with Gasteiger partial charge in [-0.1, -0.05) is 0 Å². The topological polar surface area (TPSA) is 237 Å². The van der Waals surface area contributed by atoms with E-state index in [1.807, 2.05) is 58.3 Å². The summed E-state index contributed by atoms with van der Waals surface area (Å²) in [5.41, 5.74) is 14.7. The molecular formula is C29H35F3N12O4. The number of H-pyrrole nitrogens is 1. The number of carboxylic acid groups (broad SMARTS) is 1. The summed E-state index contributed by atoms with van der Waals surface area (Å²) in [6, 6.07) is 16.4. The fourth-order valence-corrected chi connectivity index (χ4v) is 4.87. The number of piperazine rings is 2. The lowest BCUT2D eigenvalue weighted by atomic mass is 10.2. The number of aliphatic carboxylic acids is 1. The van der Waals surface area contributed by atoms with E-state index >= 15 is 0 Å². The first-order chi connectivity index (χ1) is 22.7. The number of carboxylic acids is 1. The van der Waals surface area contributed by atoms with E-state index in [0.717, 1.165) is 37.6 Å². The molecule has 0 aliphatic carbocycles. The molecule has 3 heterocycles. The molecule has 0 spiro atoms. The molecule has 0 radical (unpaired) electrons. The van der Waals surface area contributed by atoms with Gasteiger partial charge < -0.3 is 46.8 Å². The lowest BCUT2D eigenvalue weighted by Gasteiger charge is -2.36. The average Bonchev–Trinajstić information content (AvgIpc) is 3.57. The van der Waals surface area contributed by atoms with Crippen LogP contribution in [0.4, 0.5) is 35.9 Å². The third kappa shape index (κ3) is 9.27. The summed E-state index contributed by atoms with van der Waals surface area (Å²) >= 11 is 0. The molecule has 0 unspecified atom stereocenters. The van der Waals surface area contributed by atoms with Crippen LogP contribution in [0.3, 0.4) is 0 Å². The van der Waals surface area contributed by atoms with Gasteiger partial charge in [-0.15, -0.1) is 0 Å². The summed E-state index contributed by atoms with van der Waals surface area (Å²) < 4.78 is 31.7. The molecule has 2 aliphatic rings. The van der Waals surface area contributed by atoms with E-state index in [0.29, 0.717) is 37.6 Å². The number of carbonyl (C=O) groups is 3. The Labute approximate surface area is 272 Å². The van der Waals surface area contributed by atoms with Crippen molar-refractivity contribution in [2.45, 2.75) is 6.18 Å². The largest absolute Gasteiger partial charge is 0.490 e. The monoisotopic (exact) mass is 672 g/mol. The Balaban J connectivity index is 0.000000671. The molecule has 2 aliphatic heterocycles. The van der Waals surface area contributed by atoms with Crippen molar-refractivity contribution in [3.8, 4) is 0 Å². The van der Waals surface area contributed by atoms with E-state index in [-0.39, 0.29) is 23.3 Å². The number of rotatable bonds is 6. The van der Waals surface area contributed by atoms with Gasteiger partial charge in [0.2, 0.25) is 0 Å². The summed E-state index contributed by atoms with van der Waals surface area (Å²) in [6.07, 6.45) is -5.08. The van der Waals surface area contributed by atoms with Crippen LogP contribution in [-0.4, -0.2) is 113 Å². The van der Waals surface area contributed by atoms with E-state index < -0.39 is 24.0 Å². The molecule has 3 aromatic rings. The van der Waals surface area contributed by atoms with Crippen molar-refractivity contribution in [3.63, 3.8) is 0 Å². The van der Waals surface area contributed by atoms with Gasteiger partial charge in [0, 0.05) is 81.2 Å². The zero-order chi connectivity index (χ0) is 35.0. The van der Waals surface area contributed by atoms with Crippen LogP contribution in [0.5, 0.6) is 0 Å². The lowest BCUT2D eigenvalue weighted by Crippen LogP contribution is -2.50. The minimum absolute atomic E-state index is 0.0913. The van der Waals surface area contributed by atoms with Crippen LogP contribution < -0.4 is 31.9 Å². The van der Waals surface area contributed by atoms with Crippen LogP contribution in [0.25, 0.3) is 0 Å². The zero-order valence-corrected chi connectivity index (χ0v) is 25.5. The molecule has 48 heavy (non-hydrogen) atoms. The molecule has 19 heteroatoms. The van der Waals surface area contributed by atoms with E-state index in [1.54, 1.807) is 0 Å². The third-order valence-corrected chi connectivity index (χ3v) is 7.52.